The Morgan fingerprint density at radius 3 is 2.81 bits per heavy atom. The van der Waals surface area contributed by atoms with Crippen LogP contribution in [-0.4, -0.2) is 43.4 Å². The minimum absolute atomic E-state index is 0.0234. The van der Waals surface area contributed by atoms with Crippen LogP contribution < -0.4 is 4.90 Å². The van der Waals surface area contributed by atoms with Crippen molar-refractivity contribution >= 4 is 17.6 Å². The lowest BCUT2D eigenvalue weighted by atomic mass is 10.2. The summed E-state index contributed by atoms with van der Waals surface area (Å²) < 4.78 is 6.64. The minimum Gasteiger partial charge on any atom is -0.508 e. The van der Waals surface area contributed by atoms with Gasteiger partial charge in [-0.1, -0.05) is 17.3 Å². The van der Waals surface area contributed by atoms with Crippen molar-refractivity contribution < 1.29 is 19.2 Å². The smallest absolute Gasteiger partial charge is 0.332 e. The van der Waals surface area contributed by atoms with Gasteiger partial charge in [0.05, 0.1) is 24.6 Å². The molecule has 0 radical (unpaired) electrons. The molecule has 1 N–H and O–H groups in total. The SMILES string of the molecule is Cc1oncc1Cn1cc(N2C(=O)CN(Cc3cccc(O)c3)C2=O)cn1. The lowest BCUT2D eigenvalue weighted by molar-refractivity contribution is -0.116. The van der Waals surface area contributed by atoms with E-state index in [1.165, 1.54) is 11.1 Å². The van der Waals surface area contributed by atoms with Gasteiger partial charge in [0.2, 0.25) is 0 Å². The highest BCUT2D eigenvalue weighted by molar-refractivity contribution is 6.19. The number of phenolic OH excluding ortho intramolecular Hbond substituents is 1. The second-order valence-corrected chi connectivity index (χ2v) is 6.34. The molecular formula is C18H17N5O4. The first-order valence-electron chi connectivity index (χ1n) is 8.33. The largest absolute Gasteiger partial charge is 0.508 e. The summed E-state index contributed by atoms with van der Waals surface area (Å²) in [5, 5.41) is 17.5. The van der Waals surface area contributed by atoms with Crippen LogP contribution in [0, 0.1) is 6.92 Å². The van der Waals surface area contributed by atoms with Gasteiger partial charge < -0.3 is 14.5 Å². The Morgan fingerprint density at radius 2 is 2.07 bits per heavy atom. The Balaban J connectivity index is 1.50. The van der Waals surface area contributed by atoms with E-state index >= 15 is 0 Å². The lowest BCUT2D eigenvalue weighted by Crippen LogP contribution is -2.32. The first kappa shape index (κ1) is 16.8. The van der Waals surface area contributed by atoms with Gasteiger partial charge in [-0.05, 0) is 24.6 Å². The number of aryl methyl sites for hydroxylation is 1. The number of hydrogen-bond acceptors (Lipinski definition) is 6. The number of nitrogens with zero attached hydrogens (tertiary/aromatic N) is 5. The Hall–Kier alpha value is -3.62. The number of rotatable bonds is 5. The van der Waals surface area contributed by atoms with E-state index in [2.05, 4.69) is 10.3 Å². The number of benzene rings is 1. The van der Waals surface area contributed by atoms with Crippen molar-refractivity contribution in [2.45, 2.75) is 20.0 Å². The average Bonchev–Trinajstić information content (AvgIpc) is 3.30. The third kappa shape index (κ3) is 3.26. The molecule has 0 unspecified atom stereocenters. The molecule has 1 saturated heterocycles. The number of anilines is 1. The van der Waals surface area contributed by atoms with Crippen LogP contribution in [-0.2, 0) is 17.9 Å². The van der Waals surface area contributed by atoms with Crippen molar-refractivity contribution in [2.75, 3.05) is 11.4 Å². The van der Waals surface area contributed by atoms with E-state index in [-0.39, 0.29) is 24.7 Å². The van der Waals surface area contributed by atoms with Crippen molar-refractivity contribution in [2.24, 2.45) is 0 Å². The molecule has 1 fully saturated rings. The topological polar surface area (TPSA) is 105 Å². The van der Waals surface area contributed by atoms with Crippen molar-refractivity contribution in [1.82, 2.24) is 19.8 Å². The average molecular weight is 367 g/mol. The first-order valence-corrected chi connectivity index (χ1v) is 8.33. The highest BCUT2D eigenvalue weighted by Gasteiger charge is 2.37. The summed E-state index contributed by atoms with van der Waals surface area (Å²) in [5.74, 6) is 0.492. The Bertz CT molecular complexity index is 1010. The van der Waals surface area contributed by atoms with Gasteiger partial charge in [-0.3, -0.25) is 9.48 Å². The van der Waals surface area contributed by atoms with Gasteiger partial charge in [-0.15, -0.1) is 0 Å². The fraction of sp³-hybridized carbons (Fsp3) is 0.222. The molecule has 138 valence electrons. The highest BCUT2D eigenvalue weighted by Crippen LogP contribution is 2.23. The molecule has 4 rings (SSSR count). The summed E-state index contributed by atoms with van der Waals surface area (Å²) in [7, 11) is 0. The van der Waals surface area contributed by atoms with Crippen molar-refractivity contribution in [3.63, 3.8) is 0 Å². The molecule has 1 aliphatic heterocycles. The number of imide groups is 1. The number of aromatic nitrogens is 3. The molecule has 1 aliphatic rings. The van der Waals surface area contributed by atoms with E-state index in [4.69, 9.17) is 4.52 Å². The van der Waals surface area contributed by atoms with E-state index in [0.717, 1.165) is 16.0 Å². The number of carbonyl (C=O) groups is 2. The van der Waals surface area contributed by atoms with Crippen molar-refractivity contribution in [3.8, 4) is 5.75 Å². The third-order valence-electron chi connectivity index (χ3n) is 4.38. The fourth-order valence-electron chi connectivity index (χ4n) is 3.00. The molecule has 2 aromatic heterocycles. The molecule has 3 amide bonds. The van der Waals surface area contributed by atoms with E-state index in [1.807, 2.05) is 0 Å². The maximum atomic E-state index is 12.7. The molecular weight excluding hydrogens is 350 g/mol. The number of hydrogen-bond donors (Lipinski definition) is 1. The summed E-state index contributed by atoms with van der Waals surface area (Å²) in [6.45, 7) is 2.45. The molecule has 9 nitrogen and oxygen atoms in total. The second-order valence-electron chi connectivity index (χ2n) is 6.34. The molecule has 0 aliphatic carbocycles. The molecule has 3 heterocycles. The van der Waals surface area contributed by atoms with Gasteiger partial charge in [0, 0.05) is 18.3 Å². The summed E-state index contributed by atoms with van der Waals surface area (Å²) in [5.41, 5.74) is 2.03. The Morgan fingerprint density at radius 1 is 1.22 bits per heavy atom. The van der Waals surface area contributed by atoms with E-state index in [9.17, 15) is 14.7 Å². The molecule has 27 heavy (non-hydrogen) atoms. The van der Waals surface area contributed by atoms with Gasteiger partial charge in [0.25, 0.3) is 5.91 Å². The van der Waals surface area contributed by atoms with Gasteiger partial charge in [-0.2, -0.15) is 5.10 Å². The monoisotopic (exact) mass is 367 g/mol. The van der Waals surface area contributed by atoms with Crippen LogP contribution in [0.15, 0.2) is 47.4 Å². The highest BCUT2D eigenvalue weighted by atomic mass is 16.5. The summed E-state index contributed by atoms with van der Waals surface area (Å²) in [6, 6.07) is 6.20. The molecule has 9 heteroatoms. The molecule has 1 aromatic carbocycles. The van der Waals surface area contributed by atoms with Crippen molar-refractivity contribution in [1.29, 1.82) is 0 Å². The summed E-state index contributed by atoms with van der Waals surface area (Å²) in [6.07, 6.45) is 4.73. The molecule has 3 aromatic rings. The van der Waals surface area contributed by atoms with Crippen LogP contribution in [0.25, 0.3) is 0 Å². The zero-order valence-corrected chi connectivity index (χ0v) is 14.6. The summed E-state index contributed by atoms with van der Waals surface area (Å²) >= 11 is 0. The Kier molecular flexibility index (Phi) is 4.11. The zero-order chi connectivity index (χ0) is 19.0. The van der Waals surface area contributed by atoms with Crippen LogP contribution in [0.3, 0.4) is 0 Å². The van der Waals surface area contributed by atoms with Crippen LogP contribution in [0.2, 0.25) is 0 Å². The van der Waals surface area contributed by atoms with Gasteiger partial charge in [-0.25, -0.2) is 9.69 Å². The minimum atomic E-state index is -0.413. The number of phenols is 1. The number of aromatic hydroxyl groups is 1. The quantitative estimate of drug-likeness (QED) is 0.691. The van der Waals surface area contributed by atoms with Crippen LogP contribution in [0.4, 0.5) is 10.5 Å². The number of urea groups is 1. The van der Waals surface area contributed by atoms with Gasteiger partial charge >= 0.3 is 6.03 Å². The molecule has 0 bridgehead atoms. The van der Waals surface area contributed by atoms with E-state index in [1.54, 1.807) is 48.3 Å². The molecule has 0 saturated carbocycles. The molecule has 0 atom stereocenters. The maximum absolute atomic E-state index is 12.7. The maximum Gasteiger partial charge on any atom is 0.332 e. The van der Waals surface area contributed by atoms with Crippen LogP contribution in [0.5, 0.6) is 5.75 Å². The van der Waals surface area contributed by atoms with Crippen LogP contribution >= 0.6 is 0 Å². The van der Waals surface area contributed by atoms with Gasteiger partial charge in [0.1, 0.15) is 18.1 Å². The van der Waals surface area contributed by atoms with Crippen molar-refractivity contribution in [3.05, 3.63) is 59.7 Å². The zero-order valence-electron chi connectivity index (χ0n) is 14.6. The fourth-order valence-corrected chi connectivity index (χ4v) is 3.00. The second kappa shape index (κ2) is 6.60. The normalized spacial score (nSPS) is 14.4. The number of amides is 3. The standard InChI is InChI=1S/C18H17N5O4/c1-12-14(6-20-27-12)9-22-10-15(7-19-22)23-17(25)11-21(18(23)26)8-13-3-2-4-16(24)5-13/h2-7,10,24H,8-9,11H2,1H3. The third-order valence-corrected chi connectivity index (χ3v) is 4.38. The van der Waals surface area contributed by atoms with Gasteiger partial charge in [0.15, 0.2) is 0 Å². The Labute approximate surface area is 154 Å². The predicted octanol–water partition coefficient (Wildman–Crippen LogP) is 1.90. The van der Waals surface area contributed by atoms with E-state index in [0.29, 0.717) is 18.0 Å². The lowest BCUT2D eigenvalue weighted by Gasteiger charge is -2.16. The number of carbonyl (C=O) groups excluding carboxylic acids is 2. The van der Waals surface area contributed by atoms with E-state index < -0.39 is 6.03 Å². The van der Waals surface area contributed by atoms with Crippen LogP contribution in [0.1, 0.15) is 16.9 Å². The molecule has 0 spiro atoms. The predicted molar refractivity (Wildman–Crippen MR) is 94.0 cm³/mol. The first-order chi connectivity index (χ1) is 13.0. The summed E-state index contributed by atoms with van der Waals surface area (Å²) in [4.78, 5) is 27.6.